The molecular weight excluding hydrogens is 518 g/mol. The van der Waals surface area contributed by atoms with Gasteiger partial charge in [-0.1, -0.05) is 18.5 Å². The number of carbonyl (C=O) groups is 2. The molecule has 2 saturated carbocycles. The highest BCUT2D eigenvalue weighted by atomic mass is 35.5. The molecule has 9 nitrogen and oxygen atoms in total. The van der Waals surface area contributed by atoms with Gasteiger partial charge in [-0.3, -0.25) is 28.5 Å². The molecule has 3 aromatic rings. The molecule has 10 heteroatoms. The fourth-order valence-corrected chi connectivity index (χ4v) is 4.97. The van der Waals surface area contributed by atoms with Crippen LogP contribution in [-0.4, -0.2) is 25.8 Å². The van der Waals surface area contributed by atoms with Gasteiger partial charge >= 0.3 is 5.69 Å². The van der Waals surface area contributed by atoms with Gasteiger partial charge in [0.1, 0.15) is 11.8 Å². The molecular formula is C29H30ClN5O4. The molecule has 0 spiro atoms. The molecule has 2 aromatic heterocycles. The lowest BCUT2D eigenvalue weighted by atomic mass is 9.98. The standard InChI is InChI=1S/C29H30ClN5O4/c1-17(10-27(37)33-21-8-7-20(13-31)23(30)11-21)2-9-26(36)24-12-22-25(14-32-24)34(15-18-3-4-18)29(39)35(28(22)38)16-19-5-6-19/h7-8,11-12,14,17-19H,2-6,9-10,15-16H2,1H3,(H,33,37). The summed E-state index contributed by atoms with van der Waals surface area (Å²) in [5, 5.41) is 12.4. The summed E-state index contributed by atoms with van der Waals surface area (Å²) in [5.74, 6) is 0.285. The molecule has 2 aliphatic rings. The van der Waals surface area contributed by atoms with E-state index < -0.39 is 0 Å². The predicted octanol–water partition coefficient (Wildman–Crippen LogP) is 4.53. The van der Waals surface area contributed by atoms with Gasteiger partial charge in [0.15, 0.2) is 5.78 Å². The largest absolute Gasteiger partial charge is 0.331 e. The summed E-state index contributed by atoms with van der Waals surface area (Å²) in [6.45, 7) is 2.86. The minimum Gasteiger partial charge on any atom is -0.326 e. The van der Waals surface area contributed by atoms with Crippen LogP contribution in [0.3, 0.4) is 0 Å². The van der Waals surface area contributed by atoms with Crippen molar-refractivity contribution < 1.29 is 9.59 Å². The van der Waals surface area contributed by atoms with Gasteiger partial charge < -0.3 is 5.32 Å². The lowest BCUT2D eigenvalue weighted by Crippen LogP contribution is -2.41. The zero-order valence-electron chi connectivity index (χ0n) is 21.8. The molecule has 2 aliphatic carbocycles. The Kier molecular flexibility index (Phi) is 7.67. The number of nitrogens with zero attached hydrogens (tertiary/aromatic N) is 4. The molecule has 5 rings (SSSR count). The van der Waals surface area contributed by atoms with Gasteiger partial charge in [-0.15, -0.1) is 0 Å². The second-order valence-electron chi connectivity index (χ2n) is 10.9. The molecule has 2 fully saturated rings. The number of anilines is 1. The van der Waals surface area contributed by atoms with Gasteiger partial charge in [0.2, 0.25) is 5.91 Å². The van der Waals surface area contributed by atoms with E-state index in [1.54, 1.807) is 16.7 Å². The van der Waals surface area contributed by atoms with Crippen LogP contribution in [0.4, 0.5) is 5.69 Å². The van der Waals surface area contributed by atoms with Gasteiger partial charge in [0, 0.05) is 31.6 Å². The number of fused-ring (bicyclic) bond motifs is 1. The van der Waals surface area contributed by atoms with E-state index in [9.17, 15) is 19.2 Å². The quantitative estimate of drug-likeness (QED) is 0.351. The number of halogens is 1. The number of aromatic nitrogens is 3. The summed E-state index contributed by atoms with van der Waals surface area (Å²) < 4.78 is 2.98. The normalized spacial score (nSPS) is 15.6. The minimum atomic E-state index is -0.363. The Balaban J connectivity index is 1.26. The first kappa shape index (κ1) is 26.8. The van der Waals surface area contributed by atoms with Crippen LogP contribution in [0.2, 0.25) is 5.02 Å². The highest BCUT2D eigenvalue weighted by molar-refractivity contribution is 6.32. The second kappa shape index (κ2) is 11.1. The number of amides is 1. The molecule has 1 atom stereocenters. The highest BCUT2D eigenvalue weighted by Gasteiger charge is 2.28. The number of pyridine rings is 1. The maximum absolute atomic E-state index is 13.3. The van der Waals surface area contributed by atoms with Crippen molar-refractivity contribution >= 4 is 39.9 Å². The highest BCUT2D eigenvalue weighted by Crippen LogP contribution is 2.32. The van der Waals surface area contributed by atoms with E-state index in [2.05, 4.69) is 10.3 Å². The average molecular weight is 548 g/mol. The topological polar surface area (TPSA) is 127 Å². The summed E-state index contributed by atoms with van der Waals surface area (Å²) in [5.41, 5.74) is 0.851. The number of ketones is 1. The number of rotatable bonds is 11. The molecule has 0 radical (unpaired) electrons. The zero-order chi connectivity index (χ0) is 27.7. The monoisotopic (exact) mass is 547 g/mol. The van der Waals surface area contributed by atoms with Crippen LogP contribution in [0.25, 0.3) is 10.9 Å². The number of benzene rings is 1. The van der Waals surface area contributed by atoms with Gasteiger partial charge in [0.25, 0.3) is 5.56 Å². The van der Waals surface area contributed by atoms with Crippen LogP contribution in [-0.2, 0) is 17.9 Å². The number of nitrogens with one attached hydrogen (secondary N) is 1. The molecule has 0 aliphatic heterocycles. The molecule has 1 aromatic carbocycles. The van der Waals surface area contributed by atoms with Crippen LogP contribution in [0, 0.1) is 29.1 Å². The van der Waals surface area contributed by atoms with Crippen molar-refractivity contribution in [1.82, 2.24) is 14.1 Å². The third-order valence-electron chi connectivity index (χ3n) is 7.44. The fourth-order valence-electron chi connectivity index (χ4n) is 4.74. The van der Waals surface area contributed by atoms with Gasteiger partial charge in [-0.05, 0) is 74.1 Å². The van der Waals surface area contributed by atoms with Crippen molar-refractivity contribution in [2.75, 3.05) is 5.32 Å². The molecule has 39 heavy (non-hydrogen) atoms. The van der Waals surface area contributed by atoms with Crippen molar-refractivity contribution in [3.63, 3.8) is 0 Å². The van der Waals surface area contributed by atoms with Crippen molar-refractivity contribution in [2.24, 2.45) is 17.8 Å². The Morgan fingerprint density at radius 3 is 2.46 bits per heavy atom. The van der Waals surface area contributed by atoms with Gasteiger partial charge in [-0.25, -0.2) is 4.79 Å². The SMILES string of the molecule is CC(CCC(=O)c1cc2c(=O)n(CC3CC3)c(=O)n(CC3CC3)c2cn1)CC(=O)Nc1ccc(C#N)c(Cl)c1. The Hall–Kier alpha value is -3.77. The number of hydrogen-bond acceptors (Lipinski definition) is 6. The zero-order valence-corrected chi connectivity index (χ0v) is 22.5. The van der Waals surface area contributed by atoms with Crippen molar-refractivity contribution in [2.45, 2.75) is 65.0 Å². The van der Waals surface area contributed by atoms with E-state index in [4.69, 9.17) is 16.9 Å². The molecule has 202 valence electrons. The second-order valence-corrected chi connectivity index (χ2v) is 11.3. The van der Waals surface area contributed by atoms with E-state index in [1.807, 2.05) is 13.0 Å². The first-order chi connectivity index (χ1) is 18.7. The van der Waals surface area contributed by atoms with Crippen LogP contribution in [0.15, 0.2) is 40.1 Å². The van der Waals surface area contributed by atoms with Gasteiger partial charge in [-0.2, -0.15) is 5.26 Å². The smallest absolute Gasteiger partial charge is 0.326 e. The molecule has 1 N–H and O–H groups in total. The van der Waals surface area contributed by atoms with E-state index >= 15 is 0 Å². The van der Waals surface area contributed by atoms with Crippen molar-refractivity contribution in [1.29, 1.82) is 5.26 Å². The molecule has 1 amide bonds. The summed E-state index contributed by atoms with van der Waals surface area (Å²) >= 11 is 6.03. The Morgan fingerprint density at radius 1 is 1.13 bits per heavy atom. The molecule has 0 bridgehead atoms. The Labute approximate surface area is 230 Å². The maximum Gasteiger partial charge on any atom is 0.331 e. The predicted molar refractivity (Wildman–Crippen MR) is 148 cm³/mol. The first-order valence-corrected chi connectivity index (χ1v) is 13.8. The van der Waals surface area contributed by atoms with Crippen LogP contribution < -0.4 is 16.6 Å². The van der Waals surface area contributed by atoms with E-state index in [0.717, 1.165) is 25.7 Å². The number of nitriles is 1. The van der Waals surface area contributed by atoms with E-state index in [-0.39, 0.29) is 52.4 Å². The molecule has 2 heterocycles. The van der Waals surface area contributed by atoms with Crippen LogP contribution >= 0.6 is 11.6 Å². The summed E-state index contributed by atoms with van der Waals surface area (Å²) in [4.78, 5) is 56.2. The summed E-state index contributed by atoms with van der Waals surface area (Å²) in [7, 11) is 0. The Morgan fingerprint density at radius 2 is 1.82 bits per heavy atom. The lowest BCUT2D eigenvalue weighted by molar-refractivity contribution is -0.117. The van der Waals surface area contributed by atoms with E-state index in [0.29, 0.717) is 53.5 Å². The third-order valence-corrected chi connectivity index (χ3v) is 7.76. The van der Waals surface area contributed by atoms with E-state index in [1.165, 1.54) is 22.9 Å². The fraction of sp³-hybridized carbons (Fsp3) is 0.448. The minimum absolute atomic E-state index is 0.0808. The Bertz CT molecular complexity index is 1610. The van der Waals surface area contributed by atoms with Crippen molar-refractivity contribution in [3.8, 4) is 6.07 Å². The number of Topliss-reactive ketones (excluding diaryl/α,β-unsaturated/α-hetero) is 1. The lowest BCUT2D eigenvalue weighted by Gasteiger charge is -2.14. The number of hydrogen-bond donors (Lipinski definition) is 1. The molecule has 0 saturated heterocycles. The average Bonchev–Trinajstić information content (AvgIpc) is 3.84. The first-order valence-electron chi connectivity index (χ1n) is 13.4. The van der Waals surface area contributed by atoms with Gasteiger partial charge in [0.05, 0.1) is 27.7 Å². The van der Waals surface area contributed by atoms with Crippen LogP contribution in [0.1, 0.15) is 67.9 Å². The number of carbonyl (C=O) groups excluding carboxylic acids is 2. The summed E-state index contributed by atoms with van der Waals surface area (Å²) in [6, 6.07) is 8.19. The maximum atomic E-state index is 13.3. The summed E-state index contributed by atoms with van der Waals surface area (Å²) in [6.07, 6.45) is 6.49. The third kappa shape index (κ3) is 6.28. The van der Waals surface area contributed by atoms with Crippen LogP contribution in [0.5, 0.6) is 0 Å². The van der Waals surface area contributed by atoms with Crippen molar-refractivity contribution in [3.05, 3.63) is 67.6 Å². The molecule has 1 unspecified atom stereocenters.